The van der Waals surface area contributed by atoms with E-state index in [1.54, 1.807) is 0 Å². The zero-order chi connectivity index (χ0) is 14.0. The van der Waals surface area contributed by atoms with Crippen LogP contribution in [0.4, 0.5) is 8.78 Å². The highest BCUT2D eigenvalue weighted by Gasteiger charge is 2.11. The summed E-state index contributed by atoms with van der Waals surface area (Å²) in [5, 5.41) is 0. The van der Waals surface area contributed by atoms with Crippen LogP contribution in [0.25, 0.3) is 11.4 Å². The maximum absolute atomic E-state index is 13.2. The van der Waals surface area contributed by atoms with Crippen molar-refractivity contribution in [1.29, 1.82) is 0 Å². The lowest BCUT2D eigenvalue weighted by Gasteiger charge is -2.06. The largest absolute Gasteiger partial charge is 0.306 e. The van der Waals surface area contributed by atoms with Crippen LogP contribution >= 0.6 is 15.9 Å². The number of benzene rings is 1. The first-order valence-electron chi connectivity index (χ1n) is 5.76. The predicted octanol–water partition coefficient (Wildman–Crippen LogP) is 3.43. The first kappa shape index (κ1) is 13.9. The molecule has 3 nitrogen and oxygen atoms in total. The van der Waals surface area contributed by atoms with Crippen LogP contribution in [-0.4, -0.2) is 9.97 Å². The molecule has 2 rings (SSSR count). The molecular formula is C13H11BrF2N2O. The highest BCUT2D eigenvalue weighted by molar-refractivity contribution is 9.10. The number of nitrogens with zero attached hydrogens (tertiary/aromatic N) is 1. The van der Waals surface area contributed by atoms with E-state index in [9.17, 15) is 13.6 Å². The molecule has 0 bridgehead atoms. The molecule has 1 aromatic heterocycles. The van der Waals surface area contributed by atoms with E-state index < -0.39 is 11.6 Å². The van der Waals surface area contributed by atoms with Crippen molar-refractivity contribution in [1.82, 2.24) is 9.97 Å². The Hall–Kier alpha value is -1.56. The molecule has 1 heterocycles. The van der Waals surface area contributed by atoms with Crippen LogP contribution in [-0.2, 0) is 6.42 Å². The van der Waals surface area contributed by atoms with E-state index in [-0.39, 0.29) is 16.9 Å². The summed E-state index contributed by atoms with van der Waals surface area (Å²) in [5.41, 5.74) is 0.420. The summed E-state index contributed by atoms with van der Waals surface area (Å²) in [6.45, 7) is 1.96. The topological polar surface area (TPSA) is 45.8 Å². The molecule has 1 N–H and O–H groups in total. The van der Waals surface area contributed by atoms with Crippen LogP contribution in [0.5, 0.6) is 0 Å². The molecule has 0 aliphatic carbocycles. The fraction of sp³-hybridized carbons (Fsp3) is 0.231. The van der Waals surface area contributed by atoms with Gasteiger partial charge in [-0.2, -0.15) is 0 Å². The van der Waals surface area contributed by atoms with Gasteiger partial charge in [0.25, 0.3) is 5.56 Å². The highest BCUT2D eigenvalue weighted by Crippen LogP contribution is 2.20. The third-order valence-electron chi connectivity index (χ3n) is 2.55. The van der Waals surface area contributed by atoms with Gasteiger partial charge in [0.2, 0.25) is 0 Å². The van der Waals surface area contributed by atoms with Crippen LogP contribution in [0.3, 0.4) is 0 Å². The molecule has 0 fully saturated rings. The zero-order valence-electron chi connectivity index (χ0n) is 10.1. The molecule has 0 saturated heterocycles. The van der Waals surface area contributed by atoms with Crippen molar-refractivity contribution in [3.63, 3.8) is 0 Å². The van der Waals surface area contributed by atoms with Crippen molar-refractivity contribution in [3.8, 4) is 11.4 Å². The number of rotatable bonds is 3. The Balaban J connectivity index is 2.59. The minimum Gasteiger partial charge on any atom is -0.306 e. The fourth-order valence-corrected chi connectivity index (χ4v) is 2.12. The number of aromatic amines is 1. The Kier molecular flexibility index (Phi) is 4.09. The molecule has 19 heavy (non-hydrogen) atoms. The number of aryl methyl sites for hydroxylation is 1. The molecule has 0 atom stereocenters. The third kappa shape index (κ3) is 3.07. The molecule has 100 valence electrons. The van der Waals surface area contributed by atoms with Gasteiger partial charge in [-0.25, -0.2) is 13.8 Å². The second-order valence-corrected chi connectivity index (χ2v) is 4.88. The molecular weight excluding hydrogens is 318 g/mol. The highest BCUT2D eigenvalue weighted by atomic mass is 79.9. The Morgan fingerprint density at radius 3 is 2.47 bits per heavy atom. The lowest BCUT2D eigenvalue weighted by molar-refractivity contribution is 0.584. The summed E-state index contributed by atoms with van der Waals surface area (Å²) in [6.07, 6.45) is 1.42. The molecule has 0 saturated carbocycles. The number of hydrogen-bond acceptors (Lipinski definition) is 2. The number of halogens is 3. The summed E-state index contributed by atoms with van der Waals surface area (Å²) in [6, 6.07) is 3.03. The minimum atomic E-state index is -0.711. The van der Waals surface area contributed by atoms with Gasteiger partial charge in [0.1, 0.15) is 21.9 Å². The monoisotopic (exact) mass is 328 g/mol. The van der Waals surface area contributed by atoms with Gasteiger partial charge >= 0.3 is 0 Å². The van der Waals surface area contributed by atoms with E-state index in [0.717, 1.165) is 24.6 Å². The summed E-state index contributed by atoms with van der Waals surface area (Å²) >= 11 is 3.16. The summed E-state index contributed by atoms with van der Waals surface area (Å²) < 4.78 is 26.7. The van der Waals surface area contributed by atoms with Crippen LogP contribution in [0.1, 0.15) is 19.0 Å². The van der Waals surface area contributed by atoms with Gasteiger partial charge in [-0.05, 0) is 34.5 Å². The third-order valence-corrected chi connectivity index (χ3v) is 3.37. The molecule has 2 aromatic rings. The van der Waals surface area contributed by atoms with Gasteiger partial charge in [-0.1, -0.05) is 13.3 Å². The van der Waals surface area contributed by atoms with Crippen LogP contribution in [0.2, 0.25) is 0 Å². The van der Waals surface area contributed by atoms with Crippen LogP contribution in [0, 0.1) is 11.6 Å². The second kappa shape index (κ2) is 5.61. The summed E-state index contributed by atoms with van der Waals surface area (Å²) in [4.78, 5) is 18.5. The molecule has 0 aliphatic rings. The Labute approximate surface area is 116 Å². The standard InChI is InChI=1S/C13H11BrF2N2O/c1-2-3-10-11(14)13(19)18-12(17-10)7-4-8(15)6-9(16)5-7/h4-6H,2-3H2,1H3,(H,17,18,19). The molecule has 0 aliphatic heterocycles. The number of aromatic nitrogens is 2. The van der Waals surface area contributed by atoms with Gasteiger partial charge in [-0.3, -0.25) is 4.79 Å². The zero-order valence-corrected chi connectivity index (χ0v) is 11.7. The van der Waals surface area contributed by atoms with Gasteiger partial charge in [0, 0.05) is 11.6 Å². The van der Waals surface area contributed by atoms with Crippen LogP contribution < -0.4 is 5.56 Å². The normalized spacial score (nSPS) is 10.7. The Bertz CT molecular complexity index is 650. The number of hydrogen-bond donors (Lipinski definition) is 1. The van der Waals surface area contributed by atoms with Crippen LogP contribution in [0.15, 0.2) is 27.5 Å². The van der Waals surface area contributed by atoms with Crippen molar-refractivity contribution in [2.24, 2.45) is 0 Å². The van der Waals surface area contributed by atoms with Crippen molar-refractivity contribution in [3.05, 3.63) is 50.4 Å². The predicted molar refractivity (Wildman–Crippen MR) is 71.9 cm³/mol. The van der Waals surface area contributed by atoms with Crippen molar-refractivity contribution >= 4 is 15.9 Å². The SMILES string of the molecule is CCCc1nc(-c2cc(F)cc(F)c2)[nH]c(=O)c1Br. The van der Waals surface area contributed by atoms with Gasteiger partial charge in [-0.15, -0.1) is 0 Å². The van der Waals surface area contributed by atoms with Crippen molar-refractivity contribution in [2.45, 2.75) is 19.8 Å². The van der Waals surface area contributed by atoms with E-state index in [0.29, 0.717) is 16.6 Å². The average molecular weight is 329 g/mol. The van der Waals surface area contributed by atoms with Gasteiger partial charge in [0.05, 0.1) is 5.69 Å². The summed E-state index contributed by atoms with van der Waals surface area (Å²) in [7, 11) is 0. The van der Waals surface area contributed by atoms with E-state index in [1.165, 1.54) is 0 Å². The number of H-pyrrole nitrogens is 1. The lowest BCUT2D eigenvalue weighted by Crippen LogP contribution is -2.13. The van der Waals surface area contributed by atoms with E-state index in [4.69, 9.17) is 0 Å². The van der Waals surface area contributed by atoms with Crippen molar-refractivity contribution in [2.75, 3.05) is 0 Å². The molecule has 1 aromatic carbocycles. The van der Waals surface area contributed by atoms with Gasteiger partial charge in [0.15, 0.2) is 0 Å². The lowest BCUT2D eigenvalue weighted by atomic mass is 10.2. The fourth-order valence-electron chi connectivity index (χ4n) is 1.74. The maximum Gasteiger partial charge on any atom is 0.265 e. The Morgan fingerprint density at radius 2 is 1.89 bits per heavy atom. The molecule has 0 amide bonds. The van der Waals surface area contributed by atoms with E-state index in [1.807, 2.05) is 6.92 Å². The molecule has 0 unspecified atom stereocenters. The molecule has 6 heteroatoms. The number of nitrogens with one attached hydrogen (secondary N) is 1. The maximum atomic E-state index is 13.2. The smallest absolute Gasteiger partial charge is 0.265 e. The quantitative estimate of drug-likeness (QED) is 0.938. The average Bonchev–Trinajstić information content (AvgIpc) is 2.33. The Morgan fingerprint density at radius 1 is 1.26 bits per heavy atom. The summed E-state index contributed by atoms with van der Waals surface area (Å²) in [5.74, 6) is -1.26. The van der Waals surface area contributed by atoms with E-state index in [2.05, 4.69) is 25.9 Å². The van der Waals surface area contributed by atoms with E-state index >= 15 is 0 Å². The van der Waals surface area contributed by atoms with Crippen molar-refractivity contribution < 1.29 is 8.78 Å². The van der Waals surface area contributed by atoms with Gasteiger partial charge < -0.3 is 4.98 Å². The molecule has 0 spiro atoms. The first-order valence-corrected chi connectivity index (χ1v) is 6.55. The first-order chi connectivity index (χ1) is 9.01. The molecule has 0 radical (unpaired) electrons. The minimum absolute atomic E-state index is 0.162. The second-order valence-electron chi connectivity index (χ2n) is 4.08.